The Morgan fingerprint density at radius 1 is 1.00 bits per heavy atom. The van der Waals surface area contributed by atoms with Crippen LogP contribution in [0.1, 0.15) is 30.5 Å². The topological polar surface area (TPSA) is 32.1 Å². The quantitative estimate of drug-likeness (QED) is 0.776. The summed E-state index contributed by atoms with van der Waals surface area (Å²) < 4.78 is 17.4. The Morgan fingerprint density at radius 2 is 1.65 bits per heavy atom. The van der Waals surface area contributed by atoms with Crippen molar-refractivity contribution in [1.82, 2.24) is 0 Å². The lowest BCUT2D eigenvalue weighted by molar-refractivity contribution is -0.915. The molecular formula is C19H32NO3+. The number of nitrogens with one attached hydrogen (secondary N) is 1. The van der Waals surface area contributed by atoms with Crippen molar-refractivity contribution in [2.24, 2.45) is 0 Å². The van der Waals surface area contributed by atoms with Gasteiger partial charge in [-0.1, -0.05) is 12.1 Å². The lowest BCUT2D eigenvalue weighted by Crippen LogP contribution is -3.15. The van der Waals surface area contributed by atoms with Gasteiger partial charge in [0.15, 0.2) is 0 Å². The first-order chi connectivity index (χ1) is 11.0. The smallest absolute Gasteiger partial charge is 0.125 e. The summed E-state index contributed by atoms with van der Waals surface area (Å²) in [6.45, 7) is 15.8. The van der Waals surface area contributed by atoms with Crippen LogP contribution in [0.4, 0.5) is 0 Å². The minimum atomic E-state index is 0.351. The lowest BCUT2D eigenvalue weighted by atomic mass is 10.1. The number of morpholine rings is 1. The maximum absolute atomic E-state index is 5.92. The second kappa shape index (κ2) is 8.67. The van der Waals surface area contributed by atoms with E-state index in [4.69, 9.17) is 14.2 Å². The highest BCUT2D eigenvalue weighted by Gasteiger charge is 2.24. The average Bonchev–Trinajstić information content (AvgIpc) is 2.48. The maximum Gasteiger partial charge on any atom is 0.125 e. The van der Waals surface area contributed by atoms with E-state index in [0.29, 0.717) is 25.4 Å². The number of quaternary nitrogens is 1. The van der Waals surface area contributed by atoms with Gasteiger partial charge in [0.25, 0.3) is 0 Å². The molecule has 23 heavy (non-hydrogen) atoms. The Kier molecular flexibility index (Phi) is 6.88. The standard InChI is InChI=1S/C19H31NO3/c1-14-6-7-15(2)19(18(14)5)22-11-10-21-9-8-20-12-16(3)23-17(4)13-20/h6-7,16-17H,8-13H2,1-5H3/p+1/t16-,17-/m0/s1. The molecule has 1 aromatic rings. The van der Waals surface area contributed by atoms with E-state index in [1.807, 2.05) is 0 Å². The van der Waals surface area contributed by atoms with E-state index in [1.54, 1.807) is 4.90 Å². The number of benzene rings is 1. The van der Waals surface area contributed by atoms with E-state index in [0.717, 1.165) is 32.0 Å². The summed E-state index contributed by atoms with van der Waals surface area (Å²) >= 11 is 0. The fraction of sp³-hybridized carbons (Fsp3) is 0.684. The average molecular weight is 322 g/mol. The molecule has 0 spiro atoms. The van der Waals surface area contributed by atoms with Gasteiger partial charge in [-0.2, -0.15) is 0 Å². The van der Waals surface area contributed by atoms with Gasteiger partial charge in [0, 0.05) is 0 Å². The van der Waals surface area contributed by atoms with Gasteiger partial charge in [-0.05, 0) is 51.3 Å². The predicted molar refractivity (Wildman–Crippen MR) is 92.5 cm³/mol. The molecule has 1 heterocycles. The van der Waals surface area contributed by atoms with Crippen LogP contribution in [0.2, 0.25) is 0 Å². The number of ether oxygens (including phenoxy) is 3. The van der Waals surface area contributed by atoms with Crippen LogP contribution < -0.4 is 9.64 Å². The van der Waals surface area contributed by atoms with Crippen molar-refractivity contribution in [1.29, 1.82) is 0 Å². The SMILES string of the molecule is Cc1ccc(C)c(OCCOCC[NH+]2C[C@H](C)O[C@@H](C)C2)c1C. The van der Waals surface area contributed by atoms with Crippen molar-refractivity contribution < 1.29 is 19.1 Å². The first-order valence-electron chi connectivity index (χ1n) is 8.73. The highest BCUT2D eigenvalue weighted by Crippen LogP contribution is 2.25. The Labute approximate surface area is 140 Å². The minimum Gasteiger partial charge on any atom is -0.491 e. The number of rotatable bonds is 7. The summed E-state index contributed by atoms with van der Waals surface area (Å²) in [4.78, 5) is 1.57. The zero-order valence-corrected chi connectivity index (χ0v) is 15.3. The Balaban J connectivity index is 1.64. The Hall–Kier alpha value is -1.10. The zero-order chi connectivity index (χ0) is 16.8. The second-order valence-electron chi connectivity index (χ2n) is 6.78. The van der Waals surface area contributed by atoms with Gasteiger partial charge in [0.05, 0.1) is 13.2 Å². The summed E-state index contributed by atoms with van der Waals surface area (Å²) in [5.41, 5.74) is 3.69. The van der Waals surface area contributed by atoms with E-state index >= 15 is 0 Å². The molecule has 2 atom stereocenters. The van der Waals surface area contributed by atoms with Gasteiger partial charge in [0.1, 0.15) is 44.2 Å². The highest BCUT2D eigenvalue weighted by atomic mass is 16.5. The van der Waals surface area contributed by atoms with Crippen molar-refractivity contribution >= 4 is 0 Å². The summed E-state index contributed by atoms with van der Waals surface area (Å²) in [5.74, 6) is 1.01. The minimum absolute atomic E-state index is 0.351. The molecule has 4 heteroatoms. The molecular weight excluding hydrogens is 290 g/mol. The molecule has 0 radical (unpaired) electrons. The molecule has 1 saturated heterocycles. The summed E-state index contributed by atoms with van der Waals surface area (Å²) in [7, 11) is 0. The van der Waals surface area contributed by atoms with Crippen LogP contribution in [0.5, 0.6) is 5.75 Å². The largest absolute Gasteiger partial charge is 0.491 e. The van der Waals surface area contributed by atoms with Gasteiger partial charge >= 0.3 is 0 Å². The molecule has 2 rings (SSSR count). The molecule has 130 valence electrons. The van der Waals surface area contributed by atoms with E-state index in [-0.39, 0.29) is 0 Å². The number of aryl methyl sites for hydroxylation is 2. The summed E-state index contributed by atoms with van der Waals surface area (Å²) in [5, 5.41) is 0. The second-order valence-corrected chi connectivity index (χ2v) is 6.78. The summed E-state index contributed by atoms with van der Waals surface area (Å²) in [6.07, 6.45) is 0.703. The third kappa shape index (κ3) is 5.48. The molecule has 0 amide bonds. The molecule has 0 aliphatic carbocycles. The van der Waals surface area contributed by atoms with Crippen LogP contribution in [-0.4, -0.2) is 51.7 Å². The van der Waals surface area contributed by atoms with Crippen LogP contribution in [0.15, 0.2) is 12.1 Å². The van der Waals surface area contributed by atoms with Crippen LogP contribution in [-0.2, 0) is 9.47 Å². The fourth-order valence-electron chi connectivity index (χ4n) is 3.26. The van der Waals surface area contributed by atoms with Gasteiger partial charge < -0.3 is 19.1 Å². The van der Waals surface area contributed by atoms with Crippen molar-refractivity contribution in [3.8, 4) is 5.75 Å². The Morgan fingerprint density at radius 3 is 2.35 bits per heavy atom. The lowest BCUT2D eigenvalue weighted by Gasteiger charge is -2.32. The van der Waals surface area contributed by atoms with E-state index < -0.39 is 0 Å². The van der Waals surface area contributed by atoms with Crippen molar-refractivity contribution in [2.75, 3.05) is 39.5 Å². The Bertz CT molecular complexity index is 494. The number of hydrogen-bond acceptors (Lipinski definition) is 3. The third-order valence-electron chi connectivity index (χ3n) is 4.56. The van der Waals surface area contributed by atoms with Gasteiger partial charge in [-0.15, -0.1) is 0 Å². The monoisotopic (exact) mass is 322 g/mol. The number of hydrogen-bond donors (Lipinski definition) is 1. The predicted octanol–water partition coefficient (Wildman–Crippen LogP) is 1.70. The molecule has 1 aliphatic rings. The van der Waals surface area contributed by atoms with E-state index in [2.05, 4.69) is 46.8 Å². The van der Waals surface area contributed by atoms with Crippen LogP contribution in [0, 0.1) is 20.8 Å². The van der Waals surface area contributed by atoms with E-state index in [9.17, 15) is 0 Å². The molecule has 1 aliphatic heterocycles. The molecule has 1 aromatic carbocycles. The van der Waals surface area contributed by atoms with Gasteiger partial charge in [-0.25, -0.2) is 0 Å². The van der Waals surface area contributed by atoms with Crippen LogP contribution >= 0.6 is 0 Å². The molecule has 4 nitrogen and oxygen atoms in total. The molecule has 0 bridgehead atoms. The van der Waals surface area contributed by atoms with Crippen LogP contribution in [0.3, 0.4) is 0 Å². The molecule has 0 aromatic heterocycles. The molecule has 0 saturated carbocycles. The van der Waals surface area contributed by atoms with Gasteiger partial charge in [0.2, 0.25) is 0 Å². The third-order valence-corrected chi connectivity index (χ3v) is 4.56. The highest BCUT2D eigenvalue weighted by molar-refractivity contribution is 5.44. The van der Waals surface area contributed by atoms with E-state index in [1.165, 1.54) is 16.7 Å². The molecule has 0 unspecified atom stereocenters. The van der Waals surface area contributed by atoms with Crippen LogP contribution in [0.25, 0.3) is 0 Å². The normalized spacial score (nSPS) is 24.7. The maximum atomic E-state index is 5.92. The fourth-order valence-corrected chi connectivity index (χ4v) is 3.26. The first kappa shape index (κ1) is 18.2. The molecule has 1 N–H and O–H groups in total. The van der Waals surface area contributed by atoms with Crippen molar-refractivity contribution in [3.63, 3.8) is 0 Å². The van der Waals surface area contributed by atoms with Crippen molar-refractivity contribution in [2.45, 2.75) is 46.8 Å². The van der Waals surface area contributed by atoms with Crippen molar-refractivity contribution in [3.05, 3.63) is 28.8 Å². The zero-order valence-electron chi connectivity index (χ0n) is 15.3. The first-order valence-corrected chi connectivity index (χ1v) is 8.73. The molecule has 1 fully saturated rings. The van der Waals surface area contributed by atoms with Gasteiger partial charge in [-0.3, -0.25) is 0 Å². The summed E-state index contributed by atoms with van der Waals surface area (Å²) in [6, 6.07) is 4.25.